The minimum atomic E-state index is -0.739. The predicted molar refractivity (Wildman–Crippen MR) is 120 cm³/mol. The lowest BCUT2D eigenvalue weighted by molar-refractivity contribution is 0.0499. The van der Waals surface area contributed by atoms with E-state index in [2.05, 4.69) is 17.2 Å². The molecule has 0 aliphatic heterocycles. The van der Waals surface area contributed by atoms with Crippen LogP contribution in [0.3, 0.4) is 0 Å². The molecule has 0 saturated carbocycles. The van der Waals surface area contributed by atoms with E-state index in [-0.39, 0.29) is 11.3 Å². The first-order valence-corrected chi connectivity index (χ1v) is 10.4. The summed E-state index contributed by atoms with van der Waals surface area (Å²) in [6.45, 7) is 4.42. The molecule has 1 heterocycles. The van der Waals surface area contributed by atoms with Gasteiger partial charge in [0.15, 0.2) is 0 Å². The van der Waals surface area contributed by atoms with Crippen molar-refractivity contribution < 1.29 is 19.4 Å². The maximum absolute atomic E-state index is 12.7. The van der Waals surface area contributed by atoms with Crippen LogP contribution in [0.5, 0.6) is 5.75 Å². The van der Waals surface area contributed by atoms with Crippen LogP contribution in [0.15, 0.2) is 47.3 Å². The number of aromatic nitrogens is 1. The molecule has 162 valence electrons. The summed E-state index contributed by atoms with van der Waals surface area (Å²) in [5.41, 5.74) is 1.23. The van der Waals surface area contributed by atoms with E-state index in [0.29, 0.717) is 28.8 Å². The van der Waals surface area contributed by atoms with E-state index in [1.54, 1.807) is 12.1 Å². The first kappa shape index (κ1) is 22.1. The molecule has 2 aromatic carbocycles. The molecule has 0 aliphatic carbocycles. The molecule has 1 amide bonds. The van der Waals surface area contributed by atoms with Gasteiger partial charge in [0.2, 0.25) is 0 Å². The number of anilines is 1. The molecule has 7 nitrogen and oxygen atoms in total. The lowest BCUT2D eigenvalue weighted by Crippen LogP contribution is -2.23. The van der Waals surface area contributed by atoms with Crippen LogP contribution in [0.25, 0.3) is 10.9 Å². The summed E-state index contributed by atoms with van der Waals surface area (Å²) >= 11 is 0. The number of amides is 1. The molecule has 3 N–H and O–H groups in total. The quantitative estimate of drug-likeness (QED) is 0.368. The van der Waals surface area contributed by atoms with Crippen molar-refractivity contribution in [1.29, 1.82) is 0 Å². The fraction of sp³-hybridized carbons (Fsp3) is 0.292. The van der Waals surface area contributed by atoms with Gasteiger partial charge in [-0.1, -0.05) is 32.8 Å². The topological polar surface area (TPSA) is 108 Å². The van der Waals surface area contributed by atoms with Crippen LogP contribution in [0, 0.1) is 0 Å². The highest BCUT2D eigenvalue weighted by molar-refractivity contribution is 6.09. The monoisotopic (exact) mass is 422 g/mol. The van der Waals surface area contributed by atoms with Crippen LogP contribution >= 0.6 is 0 Å². The van der Waals surface area contributed by atoms with Crippen molar-refractivity contribution in [2.75, 3.05) is 11.9 Å². The van der Waals surface area contributed by atoms with Crippen molar-refractivity contribution in [2.24, 2.45) is 0 Å². The highest BCUT2D eigenvalue weighted by Crippen LogP contribution is 2.26. The maximum Gasteiger partial charge on any atom is 0.338 e. The molecular formula is C24H26N2O5. The predicted octanol–water partition coefficient (Wildman–Crippen LogP) is 4.40. The van der Waals surface area contributed by atoms with Gasteiger partial charge in [-0.3, -0.25) is 9.59 Å². The smallest absolute Gasteiger partial charge is 0.338 e. The van der Waals surface area contributed by atoms with Gasteiger partial charge in [-0.05, 0) is 54.8 Å². The molecule has 31 heavy (non-hydrogen) atoms. The van der Waals surface area contributed by atoms with Gasteiger partial charge < -0.3 is 20.1 Å². The van der Waals surface area contributed by atoms with E-state index in [0.717, 1.165) is 31.2 Å². The fourth-order valence-electron chi connectivity index (χ4n) is 3.26. The van der Waals surface area contributed by atoms with Crippen molar-refractivity contribution in [3.05, 3.63) is 69.5 Å². The second kappa shape index (κ2) is 9.93. The Morgan fingerprint density at radius 1 is 1.06 bits per heavy atom. The molecule has 0 radical (unpaired) electrons. The van der Waals surface area contributed by atoms with Crippen molar-refractivity contribution in [3.63, 3.8) is 0 Å². The Balaban J connectivity index is 1.79. The number of hydrogen-bond donors (Lipinski definition) is 3. The molecule has 0 spiro atoms. The van der Waals surface area contributed by atoms with Crippen LogP contribution < -0.4 is 10.9 Å². The number of aromatic hydroxyl groups is 1. The fourth-order valence-corrected chi connectivity index (χ4v) is 3.26. The Morgan fingerprint density at radius 3 is 2.48 bits per heavy atom. The molecule has 0 fully saturated rings. The third kappa shape index (κ3) is 5.12. The van der Waals surface area contributed by atoms with Gasteiger partial charge in [0.1, 0.15) is 11.3 Å². The van der Waals surface area contributed by atoms with E-state index in [1.165, 1.54) is 24.3 Å². The van der Waals surface area contributed by atoms with E-state index in [4.69, 9.17) is 4.74 Å². The van der Waals surface area contributed by atoms with Crippen molar-refractivity contribution in [1.82, 2.24) is 4.98 Å². The highest BCUT2D eigenvalue weighted by atomic mass is 16.5. The SMILES string of the molecule is CCCCOC(=O)c1ccc(NC(=O)c2c(O)c3ccc(CCC)cc3[nH]c2=O)cc1. The second-order valence-corrected chi connectivity index (χ2v) is 7.33. The molecule has 7 heteroatoms. The summed E-state index contributed by atoms with van der Waals surface area (Å²) in [5.74, 6) is -1.54. The molecule has 0 aliphatic rings. The Hall–Kier alpha value is -3.61. The Morgan fingerprint density at radius 2 is 1.81 bits per heavy atom. The molecule has 3 rings (SSSR count). The van der Waals surface area contributed by atoms with Crippen LogP contribution in [0.2, 0.25) is 0 Å². The summed E-state index contributed by atoms with van der Waals surface area (Å²) in [7, 11) is 0. The zero-order valence-electron chi connectivity index (χ0n) is 17.7. The number of ether oxygens (including phenoxy) is 1. The van der Waals surface area contributed by atoms with Crippen molar-refractivity contribution in [2.45, 2.75) is 39.5 Å². The molecular weight excluding hydrogens is 396 g/mol. The van der Waals surface area contributed by atoms with Crippen LogP contribution in [0.4, 0.5) is 5.69 Å². The normalized spacial score (nSPS) is 10.8. The van der Waals surface area contributed by atoms with Crippen molar-refractivity contribution >= 4 is 28.5 Å². The number of nitrogens with one attached hydrogen (secondary N) is 2. The number of hydrogen-bond acceptors (Lipinski definition) is 5. The van der Waals surface area contributed by atoms with Crippen LogP contribution in [-0.4, -0.2) is 28.6 Å². The molecule has 3 aromatic rings. The first-order chi connectivity index (χ1) is 14.9. The number of esters is 1. The largest absolute Gasteiger partial charge is 0.506 e. The number of aromatic amines is 1. The average Bonchev–Trinajstić information content (AvgIpc) is 2.74. The third-order valence-corrected chi connectivity index (χ3v) is 4.93. The van der Waals surface area contributed by atoms with E-state index < -0.39 is 17.4 Å². The lowest BCUT2D eigenvalue weighted by Gasteiger charge is -2.10. The molecule has 0 saturated heterocycles. The van der Waals surface area contributed by atoms with E-state index in [9.17, 15) is 19.5 Å². The number of fused-ring (bicyclic) bond motifs is 1. The minimum Gasteiger partial charge on any atom is -0.506 e. The number of pyridine rings is 1. The van der Waals surface area contributed by atoms with Gasteiger partial charge in [0.05, 0.1) is 17.7 Å². The number of H-pyrrole nitrogens is 1. The maximum atomic E-state index is 12.7. The standard InChI is InChI=1S/C24H26N2O5/c1-3-5-13-31-24(30)16-8-10-17(11-9-16)25-22(28)20-21(27)18-12-7-15(6-4-2)14-19(18)26-23(20)29/h7-12,14H,3-6,13H2,1-2H3,(H,25,28)(H2,26,27,29). The van der Waals surface area contributed by atoms with Gasteiger partial charge in [-0.15, -0.1) is 0 Å². The molecule has 0 unspecified atom stereocenters. The van der Waals surface area contributed by atoms with Crippen LogP contribution in [-0.2, 0) is 11.2 Å². The number of rotatable bonds is 8. The van der Waals surface area contributed by atoms with E-state index in [1.807, 2.05) is 13.0 Å². The summed E-state index contributed by atoms with van der Waals surface area (Å²) in [4.78, 5) is 39.8. The molecule has 0 atom stereocenters. The molecule has 1 aromatic heterocycles. The highest BCUT2D eigenvalue weighted by Gasteiger charge is 2.20. The zero-order chi connectivity index (χ0) is 22.4. The van der Waals surface area contributed by atoms with Gasteiger partial charge in [0, 0.05) is 11.1 Å². The summed E-state index contributed by atoms with van der Waals surface area (Å²) in [6, 6.07) is 11.5. The Labute approximate surface area is 180 Å². The van der Waals surface area contributed by atoms with Gasteiger partial charge >= 0.3 is 5.97 Å². The number of aryl methyl sites for hydroxylation is 1. The van der Waals surface area contributed by atoms with Gasteiger partial charge in [-0.2, -0.15) is 0 Å². The zero-order valence-corrected chi connectivity index (χ0v) is 17.7. The van der Waals surface area contributed by atoms with Gasteiger partial charge in [0.25, 0.3) is 11.5 Å². The molecule has 0 bridgehead atoms. The number of unbranched alkanes of at least 4 members (excludes halogenated alkanes) is 1. The number of carbonyl (C=O) groups is 2. The minimum absolute atomic E-state index is 0.359. The second-order valence-electron chi connectivity index (χ2n) is 7.33. The summed E-state index contributed by atoms with van der Waals surface area (Å²) in [5, 5.41) is 13.6. The summed E-state index contributed by atoms with van der Waals surface area (Å²) < 4.78 is 5.15. The average molecular weight is 422 g/mol. The van der Waals surface area contributed by atoms with E-state index >= 15 is 0 Å². The summed E-state index contributed by atoms with van der Waals surface area (Å²) in [6.07, 6.45) is 3.53. The Bertz CT molecular complexity index is 1150. The third-order valence-electron chi connectivity index (χ3n) is 4.93. The van der Waals surface area contributed by atoms with Gasteiger partial charge in [-0.25, -0.2) is 4.79 Å². The first-order valence-electron chi connectivity index (χ1n) is 10.4. The van der Waals surface area contributed by atoms with Crippen molar-refractivity contribution in [3.8, 4) is 5.75 Å². The Kier molecular flexibility index (Phi) is 7.07. The number of carbonyl (C=O) groups excluding carboxylic acids is 2. The van der Waals surface area contributed by atoms with Crippen LogP contribution in [0.1, 0.15) is 59.4 Å². The number of benzene rings is 2. The lowest BCUT2D eigenvalue weighted by atomic mass is 10.0.